The van der Waals surface area contributed by atoms with E-state index in [2.05, 4.69) is 10.3 Å². The number of hydrogen-bond acceptors (Lipinski definition) is 7. The lowest BCUT2D eigenvalue weighted by atomic mass is 9.96. The van der Waals surface area contributed by atoms with Crippen LogP contribution in [0, 0.1) is 0 Å². The molecule has 8 nitrogen and oxygen atoms in total. The molecule has 0 radical (unpaired) electrons. The number of amides is 1. The van der Waals surface area contributed by atoms with E-state index in [0.717, 1.165) is 5.56 Å². The third kappa shape index (κ3) is 6.55. The number of fused-ring (bicyclic) bond motifs is 1. The second-order valence-corrected chi connectivity index (χ2v) is 11.9. The largest absolute Gasteiger partial charge is 0.466 e. The number of nitrogens with one attached hydrogen (secondary N) is 1. The summed E-state index contributed by atoms with van der Waals surface area (Å²) in [5.74, 6) is -0.587. The molecular formula is C27H24Cl3N3O5S. The number of rotatable bonds is 7. The average Bonchev–Trinajstić information content (AvgIpc) is 3.18. The number of ether oxygens (including phenoxy) is 2. The number of benzene rings is 2. The molecule has 2 aromatic carbocycles. The van der Waals surface area contributed by atoms with Crippen molar-refractivity contribution in [3.8, 4) is 5.75 Å². The van der Waals surface area contributed by atoms with E-state index in [-0.39, 0.29) is 12.2 Å². The zero-order valence-corrected chi connectivity index (χ0v) is 24.2. The molecule has 0 unspecified atom stereocenters. The fraction of sp³-hybridized carbons (Fsp3) is 0.259. The maximum atomic E-state index is 13.7. The van der Waals surface area contributed by atoms with Gasteiger partial charge in [-0.25, -0.2) is 9.79 Å². The van der Waals surface area contributed by atoms with Gasteiger partial charge < -0.3 is 14.8 Å². The van der Waals surface area contributed by atoms with Crippen molar-refractivity contribution in [3.05, 3.63) is 96.7 Å². The van der Waals surface area contributed by atoms with Gasteiger partial charge >= 0.3 is 5.97 Å². The Morgan fingerprint density at radius 1 is 1.15 bits per heavy atom. The van der Waals surface area contributed by atoms with Gasteiger partial charge in [0.25, 0.3) is 5.56 Å². The number of alkyl halides is 3. The molecule has 1 aliphatic heterocycles. The molecular weight excluding hydrogens is 585 g/mol. The van der Waals surface area contributed by atoms with E-state index in [9.17, 15) is 14.4 Å². The summed E-state index contributed by atoms with van der Waals surface area (Å²) in [5.41, 5.74) is 2.01. The van der Waals surface area contributed by atoms with Crippen LogP contribution in [0.5, 0.6) is 5.75 Å². The monoisotopic (exact) mass is 607 g/mol. The molecule has 1 aromatic heterocycles. The summed E-state index contributed by atoms with van der Waals surface area (Å²) in [5, 5.41) is 2.44. The van der Waals surface area contributed by atoms with Crippen molar-refractivity contribution in [2.45, 2.75) is 36.8 Å². The maximum Gasteiger partial charge on any atom is 0.338 e. The van der Waals surface area contributed by atoms with Crippen molar-refractivity contribution in [2.75, 3.05) is 6.61 Å². The van der Waals surface area contributed by atoms with E-state index in [0.29, 0.717) is 31.9 Å². The zero-order chi connectivity index (χ0) is 28.3. The van der Waals surface area contributed by atoms with Gasteiger partial charge in [0.2, 0.25) is 15.9 Å². The molecule has 204 valence electrons. The summed E-state index contributed by atoms with van der Waals surface area (Å²) in [6, 6.07) is 15.3. The molecule has 2 heterocycles. The van der Waals surface area contributed by atoms with Gasteiger partial charge in [-0.15, -0.1) is 0 Å². The third-order valence-electron chi connectivity index (χ3n) is 5.70. The van der Waals surface area contributed by atoms with Crippen molar-refractivity contribution >= 4 is 64.1 Å². The van der Waals surface area contributed by atoms with Crippen LogP contribution in [0.1, 0.15) is 37.9 Å². The van der Waals surface area contributed by atoms with Crippen molar-refractivity contribution in [3.63, 3.8) is 0 Å². The number of aromatic nitrogens is 1. The molecule has 0 bridgehead atoms. The Morgan fingerprint density at radius 2 is 1.82 bits per heavy atom. The molecule has 2 atom stereocenters. The minimum Gasteiger partial charge on any atom is -0.466 e. The van der Waals surface area contributed by atoms with Crippen LogP contribution in [0.4, 0.5) is 0 Å². The molecule has 39 heavy (non-hydrogen) atoms. The quantitative estimate of drug-likeness (QED) is 0.248. The normalized spacial score (nSPS) is 16.3. The lowest BCUT2D eigenvalue weighted by Gasteiger charge is -2.25. The number of carbonyl (C=O) groups excluding carboxylic acids is 2. The SMILES string of the molecule is CCOC(=O)C1=C(C)N=c2s/c(=C\c3ccc(O[C@H](NC(C)=O)C(Cl)(Cl)Cl)cc3)c(=O)n2[C@H]1c1ccccc1. The molecule has 1 aliphatic rings. The molecule has 1 N–H and O–H groups in total. The second kappa shape index (κ2) is 12.0. The highest BCUT2D eigenvalue weighted by molar-refractivity contribution is 7.07. The number of hydrogen-bond donors (Lipinski definition) is 1. The molecule has 1 amide bonds. The first-order valence-electron chi connectivity index (χ1n) is 11.8. The Balaban J connectivity index is 1.72. The van der Waals surface area contributed by atoms with Gasteiger partial charge in [-0.1, -0.05) is 88.6 Å². The lowest BCUT2D eigenvalue weighted by Crippen LogP contribution is -2.47. The Bertz CT molecular complexity index is 1590. The Kier molecular flexibility index (Phi) is 8.86. The number of allylic oxidation sites excluding steroid dienone is 1. The molecule has 4 rings (SSSR count). The van der Waals surface area contributed by atoms with Crippen LogP contribution in [0.2, 0.25) is 0 Å². The van der Waals surface area contributed by atoms with E-state index >= 15 is 0 Å². The van der Waals surface area contributed by atoms with Crippen LogP contribution < -0.4 is 24.9 Å². The lowest BCUT2D eigenvalue weighted by molar-refractivity contribution is -0.139. The highest BCUT2D eigenvalue weighted by Gasteiger charge is 2.36. The molecule has 0 fully saturated rings. The molecule has 0 saturated carbocycles. The van der Waals surface area contributed by atoms with E-state index in [1.807, 2.05) is 30.3 Å². The summed E-state index contributed by atoms with van der Waals surface area (Å²) in [7, 11) is 0. The minimum absolute atomic E-state index is 0.203. The van der Waals surface area contributed by atoms with E-state index < -0.39 is 27.9 Å². The van der Waals surface area contributed by atoms with Crippen LogP contribution >= 0.6 is 46.1 Å². The van der Waals surface area contributed by atoms with Crippen LogP contribution in [-0.2, 0) is 14.3 Å². The van der Waals surface area contributed by atoms with Crippen molar-refractivity contribution in [1.82, 2.24) is 9.88 Å². The van der Waals surface area contributed by atoms with Crippen LogP contribution in [-0.4, -0.2) is 33.1 Å². The first-order chi connectivity index (χ1) is 18.5. The van der Waals surface area contributed by atoms with Crippen molar-refractivity contribution in [2.24, 2.45) is 4.99 Å². The highest BCUT2D eigenvalue weighted by Crippen LogP contribution is 2.32. The first kappa shape index (κ1) is 28.9. The predicted molar refractivity (Wildman–Crippen MR) is 152 cm³/mol. The Hall–Kier alpha value is -3.11. The summed E-state index contributed by atoms with van der Waals surface area (Å²) >= 11 is 19.0. The van der Waals surface area contributed by atoms with Gasteiger partial charge in [0.15, 0.2) is 4.80 Å². The van der Waals surface area contributed by atoms with E-state index in [1.54, 1.807) is 44.2 Å². The Labute approximate surface area is 243 Å². The van der Waals surface area contributed by atoms with Crippen molar-refractivity contribution < 1.29 is 19.1 Å². The summed E-state index contributed by atoms with van der Waals surface area (Å²) < 4.78 is 11.0. The minimum atomic E-state index is -1.89. The topological polar surface area (TPSA) is 99.0 Å². The van der Waals surface area contributed by atoms with Crippen molar-refractivity contribution in [1.29, 1.82) is 0 Å². The fourth-order valence-electron chi connectivity index (χ4n) is 4.04. The van der Waals surface area contributed by atoms with Gasteiger partial charge in [-0.2, -0.15) is 0 Å². The predicted octanol–water partition coefficient (Wildman–Crippen LogP) is 4.01. The van der Waals surface area contributed by atoms with Crippen LogP contribution in [0.3, 0.4) is 0 Å². The Morgan fingerprint density at radius 3 is 2.41 bits per heavy atom. The van der Waals surface area contributed by atoms with Gasteiger partial charge in [-0.05, 0) is 43.2 Å². The molecule has 12 heteroatoms. The molecule has 0 aliphatic carbocycles. The summed E-state index contributed by atoms with van der Waals surface area (Å²) in [6.45, 7) is 4.96. The number of thiazole rings is 1. The molecule has 3 aromatic rings. The molecule has 0 saturated heterocycles. The second-order valence-electron chi connectivity index (χ2n) is 8.52. The molecule has 0 spiro atoms. The maximum absolute atomic E-state index is 13.7. The number of halogens is 3. The standard InChI is InChI=1S/C27H24Cl3N3O5S/c1-4-37-24(36)21-15(2)31-26-33(22(21)18-8-6-5-7-9-18)23(35)20(39-26)14-17-10-12-19(13-11-17)38-25(27(28,29)30)32-16(3)34/h5-14,22,25H,4H2,1-3H3,(H,32,34)/b20-14-/t22-,25-/m0/s1. The smallest absolute Gasteiger partial charge is 0.338 e. The van der Waals surface area contributed by atoms with Gasteiger partial charge in [0.05, 0.1) is 28.5 Å². The van der Waals surface area contributed by atoms with Crippen LogP contribution in [0.15, 0.2) is 75.7 Å². The number of nitrogens with zero attached hydrogens (tertiary/aromatic N) is 2. The fourth-order valence-corrected chi connectivity index (χ4v) is 5.38. The third-order valence-corrected chi connectivity index (χ3v) is 7.27. The zero-order valence-electron chi connectivity index (χ0n) is 21.1. The summed E-state index contributed by atoms with van der Waals surface area (Å²) in [6.07, 6.45) is 0.517. The van der Waals surface area contributed by atoms with E-state index in [1.165, 1.54) is 22.8 Å². The van der Waals surface area contributed by atoms with Gasteiger partial charge in [-0.3, -0.25) is 14.2 Å². The first-order valence-corrected chi connectivity index (χ1v) is 13.8. The van der Waals surface area contributed by atoms with Crippen LogP contribution in [0.25, 0.3) is 6.08 Å². The number of esters is 1. The average molecular weight is 609 g/mol. The summed E-state index contributed by atoms with van der Waals surface area (Å²) in [4.78, 5) is 43.1. The van der Waals surface area contributed by atoms with E-state index in [4.69, 9.17) is 44.3 Å². The van der Waals surface area contributed by atoms with Gasteiger partial charge in [0.1, 0.15) is 5.75 Å². The van der Waals surface area contributed by atoms with Gasteiger partial charge in [0, 0.05) is 6.92 Å². The number of carbonyl (C=O) groups is 2. The highest BCUT2D eigenvalue weighted by atomic mass is 35.6.